The third-order valence-corrected chi connectivity index (χ3v) is 4.54. The standard InChI is InChI=1S/C20H17FN4O/c1-12-5-4-6-16(13(12)2)25-17-9-15(26-3)11-23-20(17)19(24-25)14-7-8-18(21)22-10-14/h4-11H,1-3H3. The highest BCUT2D eigenvalue weighted by Gasteiger charge is 2.17. The molecule has 3 aromatic heterocycles. The minimum absolute atomic E-state index is 0.526. The van der Waals surface area contributed by atoms with Crippen LogP contribution >= 0.6 is 0 Å². The van der Waals surface area contributed by atoms with Crippen molar-refractivity contribution in [2.24, 2.45) is 0 Å². The van der Waals surface area contributed by atoms with E-state index in [1.54, 1.807) is 19.4 Å². The van der Waals surface area contributed by atoms with Gasteiger partial charge in [0.1, 0.15) is 17.0 Å². The molecular weight excluding hydrogens is 331 g/mol. The molecular formula is C20H17FN4O. The zero-order valence-corrected chi connectivity index (χ0v) is 14.7. The summed E-state index contributed by atoms with van der Waals surface area (Å²) in [4.78, 5) is 8.26. The zero-order chi connectivity index (χ0) is 18.3. The summed E-state index contributed by atoms with van der Waals surface area (Å²) in [5, 5.41) is 4.77. The van der Waals surface area contributed by atoms with Crippen LogP contribution < -0.4 is 4.74 Å². The molecule has 26 heavy (non-hydrogen) atoms. The van der Waals surface area contributed by atoms with Crippen molar-refractivity contribution in [1.82, 2.24) is 19.7 Å². The van der Waals surface area contributed by atoms with E-state index in [9.17, 15) is 4.39 Å². The number of halogens is 1. The second kappa shape index (κ2) is 6.22. The van der Waals surface area contributed by atoms with E-state index in [1.807, 2.05) is 22.9 Å². The molecule has 0 atom stereocenters. The molecule has 0 bridgehead atoms. The van der Waals surface area contributed by atoms with Crippen LogP contribution in [0.2, 0.25) is 0 Å². The first-order valence-corrected chi connectivity index (χ1v) is 8.20. The Bertz CT molecular complexity index is 1100. The van der Waals surface area contributed by atoms with E-state index < -0.39 is 5.95 Å². The molecule has 0 spiro atoms. The Morgan fingerprint density at radius 2 is 1.88 bits per heavy atom. The molecule has 5 nitrogen and oxygen atoms in total. The lowest BCUT2D eigenvalue weighted by atomic mass is 10.1. The largest absolute Gasteiger partial charge is 0.495 e. The van der Waals surface area contributed by atoms with Crippen LogP contribution in [0.1, 0.15) is 11.1 Å². The quantitative estimate of drug-likeness (QED) is 0.520. The highest BCUT2D eigenvalue weighted by atomic mass is 19.1. The number of fused-ring (bicyclic) bond motifs is 1. The molecule has 4 rings (SSSR count). The van der Waals surface area contributed by atoms with Gasteiger partial charge in [0.25, 0.3) is 0 Å². The van der Waals surface area contributed by atoms with Gasteiger partial charge in [-0.1, -0.05) is 12.1 Å². The number of hydrogen-bond acceptors (Lipinski definition) is 4. The summed E-state index contributed by atoms with van der Waals surface area (Å²) in [5.41, 5.74) is 6.15. The number of nitrogens with zero attached hydrogens (tertiary/aromatic N) is 4. The smallest absolute Gasteiger partial charge is 0.212 e. The van der Waals surface area contributed by atoms with Gasteiger partial charge in [-0.05, 0) is 43.2 Å². The van der Waals surface area contributed by atoms with Crippen LogP contribution in [0.15, 0.2) is 48.8 Å². The monoisotopic (exact) mass is 348 g/mol. The second-order valence-corrected chi connectivity index (χ2v) is 6.09. The number of aromatic nitrogens is 4. The highest BCUT2D eigenvalue weighted by Crippen LogP contribution is 2.31. The summed E-state index contributed by atoms with van der Waals surface area (Å²) >= 11 is 0. The fraction of sp³-hybridized carbons (Fsp3) is 0.150. The Morgan fingerprint density at radius 1 is 1.04 bits per heavy atom. The van der Waals surface area contributed by atoms with Crippen molar-refractivity contribution in [3.8, 4) is 22.7 Å². The number of aryl methyl sites for hydroxylation is 1. The Balaban J connectivity index is 2.03. The van der Waals surface area contributed by atoms with Crippen LogP contribution in [0, 0.1) is 19.8 Å². The lowest BCUT2D eigenvalue weighted by Gasteiger charge is -2.10. The molecule has 0 amide bonds. The summed E-state index contributed by atoms with van der Waals surface area (Å²) in [6, 6.07) is 11.0. The van der Waals surface area contributed by atoms with Crippen molar-refractivity contribution >= 4 is 11.0 Å². The van der Waals surface area contributed by atoms with Crippen LogP contribution in [0.25, 0.3) is 28.0 Å². The number of rotatable bonds is 3. The molecule has 0 aliphatic rings. The normalized spacial score (nSPS) is 11.1. The number of methoxy groups -OCH3 is 1. The maximum Gasteiger partial charge on any atom is 0.212 e. The minimum Gasteiger partial charge on any atom is -0.495 e. The van der Waals surface area contributed by atoms with Crippen LogP contribution in [0.4, 0.5) is 4.39 Å². The Kier molecular flexibility index (Phi) is 3.88. The molecule has 0 saturated carbocycles. The Morgan fingerprint density at radius 3 is 2.62 bits per heavy atom. The van der Waals surface area contributed by atoms with Gasteiger partial charge in [0.15, 0.2) is 0 Å². The Hall–Kier alpha value is -3.28. The van der Waals surface area contributed by atoms with E-state index in [1.165, 1.54) is 17.8 Å². The molecule has 1 aromatic carbocycles. The molecule has 0 N–H and O–H groups in total. The van der Waals surface area contributed by atoms with Crippen LogP contribution in [0.3, 0.4) is 0 Å². The van der Waals surface area contributed by atoms with Crippen molar-refractivity contribution < 1.29 is 9.13 Å². The molecule has 0 saturated heterocycles. The molecule has 0 aliphatic carbocycles. The molecule has 0 aliphatic heterocycles. The van der Waals surface area contributed by atoms with E-state index in [0.29, 0.717) is 22.5 Å². The fourth-order valence-electron chi connectivity index (χ4n) is 2.95. The summed E-state index contributed by atoms with van der Waals surface area (Å²) in [6.07, 6.45) is 3.12. The third-order valence-electron chi connectivity index (χ3n) is 4.54. The fourth-order valence-corrected chi connectivity index (χ4v) is 2.95. The molecule has 0 unspecified atom stereocenters. The minimum atomic E-state index is -0.526. The van der Waals surface area contributed by atoms with Gasteiger partial charge in [-0.2, -0.15) is 9.49 Å². The maximum absolute atomic E-state index is 13.2. The molecule has 0 radical (unpaired) electrons. The van der Waals surface area contributed by atoms with Gasteiger partial charge < -0.3 is 4.74 Å². The predicted octanol–water partition coefficient (Wildman–Crippen LogP) is 4.25. The first kappa shape index (κ1) is 16.2. The van der Waals surface area contributed by atoms with Crippen LogP contribution in [0.5, 0.6) is 5.75 Å². The average Bonchev–Trinajstić information content (AvgIpc) is 3.03. The second-order valence-electron chi connectivity index (χ2n) is 6.09. The average molecular weight is 348 g/mol. The summed E-state index contributed by atoms with van der Waals surface area (Å²) < 4.78 is 20.4. The van der Waals surface area contributed by atoms with E-state index in [2.05, 4.69) is 29.9 Å². The maximum atomic E-state index is 13.2. The number of pyridine rings is 2. The van der Waals surface area contributed by atoms with Crippen molar-refractivity contribution in [3.63, 3.8) is 0 Å². The van der Waals surface area contributed by atoms with Gasteiger partial charge in [-0.15, -0.1) is 0 Å². The highest BCUT2D eigenvalue weighted by molar-refractivity contribution is 5.91. The topological polar surface area (TPSA) is 52.8 Å². The van der Waals surface area contributed by atoms with Gasteiger partial charge in [0.2, 0.25) is 5.95 Å². The lowest BCUT2D eigenvalue weighted by molar-refractivity contribution is 0.413. The van der Waals surface area contributed by atoms with E-state index in [4.69, 9.17) is 9.84 Å². The molecule has 130 valence electrons. The van der Waals surface area contributed by atoms with Gasteiger partial charge in [0.05, 0.1) is 24.5 Å². The van der Waals surface area contributed by atoms with Gasteiger partial charge in [-0.25, -0.2) is 14.6 Å². The SMILES string of the molecule is COc1cnc2c(-c3ccc(F)nc3)nn(-c3cccc(C)c3C)c2c1. The lowest BCUT2D eigenvalue weighted by Crippen LogP contribution is -2.01. The first-order valence-electron chi connectivity index (χ1n) is 8.20. The predicted molar refractivity (Wildman–Crippen MR) is 98.1 cm³/mol. The van der Waals surface area contributed by atoms with Gasteiger partial charge in [0, 0.05) is 17.8 Å². The van der Waals surface area contributed by atoms with Crippen LogP contribution in [-0.4, -0.2) is 26.9 Å². The Labute approximate surface area is 150 Å². The summed E-state index contributed by atoms with van der Waals surface area (Å²) in [5.74, 6) is 0.120. The van der Waals surface area contributed by atoms with Crippen molar-refractivity contribution in [2.45, 2.75) is 13.8 Å². The van der Waals surface area contributed by atoms with Crippen molar-refractivity contribution in [2.75, 3.05) is 7.11 Å². The first-order chi connectivity index (χ1) is 12.6. The van der Waals surface area contributed by atoms with Gasteiger partial charge >= 0.3 is 0 Å². The summed E-state index contributed by atoms with van der Waals surface area (Å²) in [7, 11) is 1.60. The molecule has 0 fully saturated rings. The van der Waals surface area contributed by atoms with E-state index in [0.717, 1.165) is 16.8 Å². The number of hydrogen-bond donors (Lipinski definition) is 0. The van der Waals surface area contributed by atoms with Gasteiger partial charge in [-0.3, -0.25) is 0 Å². The van der Waals surface area contributed by atoms with E-state index in [-0.39, 0.29) is 0 Å². The summed E-state index contributed by atoms with van der Waals surface area (Å²) in [6.45, 7) is 4.12. The number of ether oxygens (including phenoxy) is 1. The van der Waals surface area contributed by atoms with Crippen LogP contribution in [-0.2, 0) is 0 Å². The van der Waals surface area contributed by atoms with E-state index >= 15 is 0 Å². The zero-order valence-electron chi connectivity index (χ0n) is 14.7. The van der Waals surface area contributed by atoms with Crippen molar-refractivity contribution in [3.05, 3.63) is 65.9 Å². The molecule has 6 heteroatoms. The number of benzene rings is 1. The third kappa shape index (κ3) is 2.60. The van der Waals surface area contributed by atoms with Crippen molar-refractivity contribution in [1.29, 1.82) is 0 Å². The molecule has 4 aromatic rings. The molecule has 3 heterocycles.